The molecule has 0 bridgehead atoms. The fourth-order valence-corrected chi connectivity index (χ4v) is 1.06. The van der Waals surface area contributed by atoms with Crippen LogP contribution in [0.2, 0.25) is 0 Å². The lowest BCUT2D eigenvalue weighted by Crippen LogP contribution is -2.25. The molecule has 0 aromatic carbocycles. The summed E-state index contributed by atoms with van der Waals surface area (Å²) in [5.74, 6) is -1.16. The summed E-state index contributed by atoms with van der Waals surface area (Å²) in [4.78, 5) is 21.2. The molecule has 0 aliphatic carbocycles. The molecule has 0 saturated heterocycles. The molecule has 0 aliphatic rings. The molecule has 0 saturated carbocycles. The van der Waals surface area contributed by atoms with Gasteiger partial charge in [0.05, 0.1) is 6.42 Å². The lowest BCUT2D eigenvalue weighted by Gasteiger charge is -2.05. The number of amides is 1. The highest BCUT2D eigenvalue weighted by atomic mass is 16.5. The summed E-state index contributed by atoms with van der Waals surface area (Å²) < 4.78 is 5.31. The van der Waals surface area contributed by atoms with E-state index in [-0.39, 0.29) is 18.7 Å². The Balaban J connectivity index is 3.18. The zero-order chi connectivity index (χ0) is 12.2. The topological polar surface area (TPSA) is 75.6 Å². The van der Waals surface area contributed by atoms with Gasteiger partial charge in [0, 0.05) is 26.2 Å². The van der Waals surface area contributed by atoms with Gasteiger partial charge in [-0.25, -0.2) is 0 Å². The highest BCUT2D eigenvalue weighted by Crippen LogP contribution is 1.91. The Kier molecular flexibility index (Phi) is 9.70. The van der Waals surface area contributed by atoms with Crippen LogP contribution in [-0.4, -0.2) is 36.7 Å². The number of carbonyl (C=O) groups is 2. The van der Waals surface area contributed by atoms with Crippen molar-refractivity contribution in [1.29, 1.82) is 0 Å². The minimum absolute atomic E-state index is 0.0476. The fourth-order valence-electron chi connectivity index (χ4n) is 1.06. The van der Waals surface area contributed by atoms with Crippen LogP contribution in [0.15, 0.2) is 0 Å². The zero-order valence-electron chi connectivity index (χ0n) is 9.83. The number of carbonyl (C=O) groups excluding carboxylic acids is 1. The molecular formula is C11H21NO4. The van der Waals surface area contributed by atoms with Crippen molar-refractivity contribution in [2.45, 2.75) is 39.0 Å². The van der Waals surface area contributed by atoms with Crippen molar-refractivity contribution in [3.05, 3.63) is 0 Å². The van der Waals surface area contributed by atoms with E-state index in [0.717, 1.165) is 25.9 Å². The molecule has 0 aromatic rings. The molecular weight excluding hydrogens is 210 g/mol. The summed E-state index contributed by atoms with van der Waals surface area (Å²) in [6.07, 6.45) is 2.88. The average Bonchev–Trinajstić information content (AvgIpc) is 2.25. The molecule has 0 rings (SSSR count). The predicted octanol–water partition coefficient (Wildman–Crippen LogP) is 1.17. The summed E-state index contributed by atoms with van der Waals surface area (Å²) in [5, 5.41) is 11.0. The van der Waals surface area contributed by atoms with Gasteiger partial charge in [0.1, 0.15) is 0 Å². The molecule has 1 amide bonds. The van der Waals surface area contributed by atoms with Crippen LogP contribution in [0.1, 0.15) is 39.0 Å². The maximum atomic E-state index is 11.1. The number of hydrogen-bond acceptors (Lipinski definition) is 3. The van der Waals surface area contributed by atoms with Gasteiger partial charge in [-0.05, 0) is 12.8 Å². The fraction of sp³-hybridized carbons (Fsp3) is 0.818. The first kappa shape index (κ1) is 14.9. The van der Waals surface area contributed by atoms with Crippen molar-refractivity contribution >= 4 is 11.9 Å². The van der Waals surface area contributed by atoms with Gasteiger partial charge in [-0.1, -0.05) is 13.3 Å². The Hall–Kier alpha value is -1.10. The molecule has 2 N–H and O–H groups in total. The molecule has 0 atom stereocenters. The van der Waals surface area contributed by atoms with Crippen molar-refractivity contribution in [2.24, 2.45) is 0 Å². The van der Waals surface area contributed by atoms with Crippen molar-refractivity contribution in [1.82, 2.24) is 5.32 Å². The zero-order valence-corrected chi connectivity index (χ0v) is 9.83. The van der Waals surface area contributed by atoms with Crippen LogP contribution in [0.5, 0.6) is 0 Å². The Morgan fingerprint density at radius 1 is 1.19 bits per heavy atom. The van der Waals surface area contributed by atoms with Crippen LogP contribution >= 0.6 is 0 Å². The van der Waals surface area contributed by atoms with E-state index in [0.29, 0.717) is 13.2 Å². The van der Waals surface area contributed by atoms with Gasteiger partial charge in [0.25, 0.3) is 0 Å². The lowest BCUT2D eigenvalue weighted by molar-refractivity contribution is -0.138. The molecule has 5 nitrogen and oxygen atoms in total. The van der Waals surface area contributed by atoms with Crippen LogP contribution in [-0.2, 0) is 14.3 Å². The van der Waals surface area contributed by atoms with Crippen molar-refractivity contribution in [3.8, 4) is 0 Å². The van der Waals surface area contributed by atoms with E-state index in [9.17, 15) is 9.59 Å². The summed E-state index contributed by atoms with van der Waals surface area (Å²) in [6.45, 7) is 4.05. The normalized spacial score (nSPS) is 10.1. The highest BCUT2D eigenvalue weighted by molar-refractivity contribution is 5.80. The van der Waals surface area contributed by atoms with Gasteiger partial charge in [-0.2, -0.15) is 0 Å². The Bertz CT molecular complexity index is 206. The van der Waals surface area contributed by atoms with E-state index in [1.165, 1.54) is 0 Å². The Morgan fingerprint density at radius 3 is 2.50 bits per heavy atom. The largest absolute Gasteiger partial charge is 0.481 e. The standard InChI is InChI=1S/C11H21NO4/c1-2-3-8-16-9-4-7-12-10(13)5-6-11(14)15/h2-9H2,1H3,(H,12,13)(H,14,15). The first-order valence-electron chi connectivity index (χ1n) is 5.73. The van der Waals surface area contributed by atoms with Crippen LogP contribution in [0, 0.1) is 0 Å². The molecule has 0 heterocycles. The van der Waals surface area contributed by atoms with Gasteiger partial charge in [-0.3, -0.25) is 9.59 Å². The van der Waals surface area contributed by atoms with E-state index in [4.69, 9.17) is 9.84 Å². The van der Waals surface area contributed by atoms with E-state index in [2.05, 4.69) is 12.2 Å². The minimum Gasteiger partial charge on any atom is -0.481 e. The highest BCUT2D eigenvalue weighted by Gasteiger charge is 2.03. The molecule has 0 spiro atoms. The van der Waals surface area contributed by atoms with Crippen molar-refractivity contribution in [3.63, 3.8) is 0 Å². The summed E-state index contributed by atoms with van der Waals surface area (Å²) in [5.41, 5.74) is 0. The van der Waals surface area contributed by atoms with E-state index in [1.54, 1.807) is 0 Å². The summed E-state index contributed by atoms with van der Waals surface area (Å²) >= 11 is 0. The quantitative estimate of drug-likeness (QED) is 0.553. The molecule has 94 valence electrons. The van der Waals surface area contributed by atoms with Crippen LogP contribution in [0.3, 0.4) is 0 Å². The molecule has 5 heteroatoms. The number of unbranched alkanes of at least 4 members (excludes halogenated alkanes) is 1. The third kappa shape index (κ3) is 11.0. The number of rotatable bonds is 10. The number of ether oxygens (including phenoxy) is 1. The van der Waals surface area contributed by atoms with Gasteiger partial charge in [0.15, 0.2) is 0 Å². The van der Waals surface area contributed by atoms with Gasteiger partial charge in [0.2, 0.25) is 5.91 Å². The predicted molar refractivity (Wildman–Crippen MR) is 60.2 cm³/mol. The van der Waals surface area contributed by atoms with Gasteiger partial charge < -0.3 is 15.2 Å². The second-order valence-electron chi connectivity index (χ2n) is 3.56. The van der Waals surface area contributed by atoms with Crippen LogP contribution in [0.25, 0.3) is 0 Å². The van der Waals surface area contributed by atoms with E-state index < -0.39 is 5.97 Å². The third-order valence-corrected chi connectivity index (χ3v) is 2.00. The summed E-state index contributed by atoms with van der Waals surface area (Å²) in [7, 11) is 0. The number of carboxylic acid groups (broad SMARTS) is 1. The van der Waals surface area contributed by atoms with Crippen molar-refractivity contribution < 1.29 is 19.4 Å². The first-order valence-corrected chi connectivity index (χ1v) is 5.73. The molecule has 0 unspecified atom stereocenters. The number of nitrogens with one attached hydrogen (secondary N) is 1. The first-order chi connectivity index (χ1) is 7.66. The molecule has 0 aromatic heterocycles. The third-order valence-electron chi connectivity index (χ3n) is 2.00. The van der Waals surface area contributed by atoms with Gasteiger partial charge in [-0.15, -0.1) is 0 Å². The van der Waals surface area contributed by atoms with Crippen molar-refractivity contribution in [2.75, 3.05) is 19.8 Å². The van der Waals surface area contributed by atoms with E-state index >= 15 is 0 Å². The summed E-state index contributed by atoms with van der Waals surface area (Å²) in [6, 6.07) is 0. The molecule has 0 fully saturated rings. The van der Waals surface area contributed by atoms with E-state index in [1.807, 2.05) is 0 Å². The smallest absolute Gasteiger partial charge is 0.303 e. The molecule has 16 heavy (non-hydrogen) atoms. The van der Waals surface area contributed by atoms with Gasteiger partial charge >= 0.3 is 5.97 Å². The minimum atomic E-state index is -0.946. The maximum Gasteiger partial charge on any atom is 0.303 e. The Morgan fingerprint density at radius 2 is 1.88 bits per heavy atom. The average molecular weight is 231 g/mol. The number of carboxylic acids is 1. The lowest BCUT2D eigenvalue weighted by atomic mass is 10.3. The molecule has 0 aliphatic heterocycles. The maximum absolute atomic E-state index is 11.1. The number of aliphatic carboxylic acids is 1. The van der Waals surface area contributed by atoms with Crippen LogP contribution < -0.4 is 5.32 Å². The Labute approximate surface area is 96.2 Å². The molecule has 0 radical (unpaired) electrons. The second kappa shape index (κ2) is 10.4. The number of hydrogen-bond donors (Lipinski definition) is 2. The van der Waals surface area contributed by atoms with Crippen LogP contribution in [0.4, 0.5) is 0 Å². The monoisotopic (exact) mass is 231 g/mol. The SMILES string of the molecule is CCCCOCCCNC(=O)CCC(=O)O. The second-order valence-corrected chi connectivity index (χ2v) is 3.56.